The molecule has 0 aromatic heterocycles. The van der Waals surface area contributed by atoms with Crippen molar-refractivity contribution in [3.05, 3.63) is 58.6 Å². The van der Waals surface area contributed by atoms with Gasteiger partial charge in [0, 0.05) is 23.5 Å². The first-order valence-corrected chi connectivity index (χ1v) is 8.50. The molecule has 2 amide bonds. The fourth-order valence-electron chi connectivity index (χ4n) is 2.19. The molecule has 2 rings (SSSR count). The molecule has 152 valence electrons. The SMILES string of the molecule is COc1ccc(OCC(=O)NN=C(C)CC(=O)Nc2cccc([N+](=O)[O-])c2)cc1. The van der Waals surface area contributed by atoms with E-state index in [1.54, 1.807) is 38.3 Å². The number of nitrogens with one attached hydrogen (secondary N) is 2. The number of non-ortho nitro benzene ring substituents is 1. The Hall–Kier alpha value is -3.95. The van der Waals surface area contributed by atoms with Crippen LogP contribution in [-0.4, -0.2) is 36.2 Å². The highest BCUT2D eigenvalue weighted by molar-refractivity contribution is 6.05. The van der Waals surface area contributed by atoms with Crippen LogP contribution in [-0.2, 0) is 9.59 Å². The number of ether oxygens (including phenoxy) is 2. The highest BCUT2D eigenvalue weighted by Gasteiger charge is 2.09. The van der Waals surface area contributed by atoms with Crippen LogP contribution in [0.1, 0.15) is 13.3 Å². The predicted octanol–water partition coefficient (Wildman–Crippen LogP) is 2.50. The topological polar surface area (TPSA) is 132 Å². The van der Waals surface area contributed by atoms with Crippen molar-refractivity contribution < 1.29 is 24.0 Å². The molecule has 0 saturated heterocycles. The number of hydrogen-bond acceptors (Lipinski definition) is 7. The third-order valence-corrected chi connectivity index (χ3v) is 3.56. The Bertz CT molecular complexity index is 911. The van der Waals surface area contributed by atoms with Crippen molar-refractivity contribution in [1.29, 1.82) is 0 Å². The summed E-state index contributed by atoms with van der Waals surface area (Å²) in [4.78, 5) is 34.0. The average Bonchev–Trinajstić information content (AvgIpc) is 2.71. The number of amides is 2. The maximum absolute atomic E-state index is 12.0. The number of anilines is 1. The lowest BCUT2D eigenvalue weighted by Gasteiger charge is -2.07. The molecule has 0 atom stereocenters. The van der Waals surface area contributed by atoms with Crippen molar-refractivity contribution in [3.63, 3.8) is 0 Å². The maximum atomic E-state index is 12.0. The van der Waals surface area contributed by atoms with Gasteiger partial charge in [-0.15, -0.1) is 0 Å². The quantitative estimate of drug-likeness (QED) is 0.378. The molecule has 0 radical (unpaired) electrons. The zero-order chi connectivity index (χ0) is 21.2. The maximum Gasteiger partial charge on any atom is 0.277 e. The Balaban J connectivity index is 1.78. The van der Waals surface area contributed by atoms with Crippen molar-refractivity contribution in [1.82, 2.24) is 5.43 Å². The van der Waals surface area contributed by atoms with Crippen LogP contribution in [0.5, 0.6) is 11.5 Å². The van der Waals surface area contributed by atoms with Gasteiger partial charge in [-0.05, 0) is 37.3 Å². The van der Waals surface area contributed by atoms with E-state index in [9.17, 15) is 19.7 Å². The molecule has 0 fully saturated rings. The van der Waals surface area contributed by atoms with Crippen LogP contribution in [0.4, 0.5) is 11.4 Å². The van der Waals surface area contributed by atoms with E-state index in [4.69, 9.17) is 9.47 Å². The van der Waals surface area contributed by atoms with Gasteiger partial charge >= 0.3 is 0 Å². The molecule has 0 unspecified atom stereocenters. The van der Waals surface area contributed by atoms with Crippen LogP contribution < -0.4 is 20.2 Å². The molecule has 2 aromatic carbocycles. The number of nitrogens with zero attached hydrogens (tertiary/aromatic N) is 2. The van der Waals surface area contributed by atoms with Gasteiger partial charge in [0.25, 0.3) is 11.6 Å². The number of benzene rings is 2. The molecule has 0 saturated carbocycles. The molecule has 10 nitrogen and oxygen atoms in total. The van der Waals surface area contributed by atoms with Crippen molar-refractivity contribution in [2.24, 2.45) is 5.10 Å². The molecule has 29 heavy (non-hydrogen) atoms. The highest BCUT2D eigenvalue weighted by atomic mass is 16.6. The minimum atomic E-state index is -0.550. The summed E-state index contributed by atoms with van der Waals surface area (Å²) in [6.07, 6.45) is -0.0949. The monoisotopic (exact) mass is 400 g/mol. The summed E-state index contributed by atoms with van der Waals surface area (Å²) in [5.41, 5.74) is 2.82. The third-order valence-electron chi connectivity index (χ3n) is 3.56. The molecule has 10 heteroatoms. The van der Waals surface area contributed by atoms with Crippen LogP contribution in [0, 0.1) is 10.1 Å². The summed E-state index contributed by atoms with van der Waals surface area (Å²) in [6, 6.07) is 12.3. The van der Waals surface area contributed by atoms with Gasteiger partial charge in [-0.25, -0.2) is 5.43 Å². The molecule has 0 bridgehead atoms. The molecule has 0 aliphatic carbocycles. The molecule has 0 heterocycles. The van der Waals surface area contributed by atoms with Crippen molar-refractivity contribution >= 4 is 28.9 Å². The van der Waals surface area contributed by atoms with E-state index >= 15 is 0 Å². The summed E-state index contributed by atoms with van der Waals surface area (Å²) in [6.45, 7) is 1.32. The van der Waals surface area contributed by atoms with Gasteiger partial charge in [0.2, 0.25) is 5.91 Å². The van der Waals surface area contributed by atoms with Gasteiger partial charge in [-0.1, -0.05) is 6.07 Å². The fraction of sp³-hybridized carbons (Fsp3) is 0.211. The smallest absolute Gasteiger partial charge is 0.277 e. The lowest BCUT2D eigenvalue weighted by molar-refractivity contribution is -0.384. The van der Waals surface area contributed by atoms with Crippen LogP contribution in [0.15, 0.2) is 53.6 Å². The minimum absolute atomic E-state index is 0.0949. The summed E-state index contributed by atoms with van der Waals surface area (Å²) in [7, 11) is 1.55. The minimum Gasteiger partial charge on any atom is -0.497 e. The zero-order valence-corrected chi connectivity index (χ0v) is 15.9. The van der Waals surface area contributed by atoms with Crippen LogP contribution >= 0.6 is 0 Å². The lowest BCUT2D eigenvalue weighted by Crippen LogP contribution is -2.26. The standard InChI is InChI=1S/C19H20N4O6/c1-13(10-18(24)20-14-4-3-5-15(11-14)23(26)27)21-22-19(25)12-29-17-8-6-16(28-2)7-9-17/h3-9,11H,10,12H2,1-2H3,(H,20,24)(H,22,25). The summed E-state index contributed by atoms with van der Waals surface area (Å²) in [5.74, 6) is 0.262. The van der Waals surface area contributed by atoms with Crippen molar-refractivity contribution in [2.75, 3.05) is 19.0 Å². The number of hydrazone groups is 1. The number of carbonyl (C=O) groups excluding carboxylic acids is 2. The predicted molar refractivity (Wildman–Crippen MR) is 106 cm³/mol. The Kier molecular flexibility index (Phi) is 7.66. The van der Waals surface area contributed by atoms with E-state index in [1.807, 2.05) is 0 Å². The van der Waals surface area contributed by atoms with Gasteiger partial charge in [0.05, 0.1) is 18.5 Å². The Morgan fingerprint density at radius 1 is 1.10 bits per heavy atom. The van der Waals surface area contributed by atoms with E-state index < -0.39 is 16.7 Å². The number of methoxy groups -OCH3 is 1. The van der Waals surface area contributed by atoms with E-state index in [0.29, 0.717) is 22.9 Å². The number of hydrogen-bond donors (Lipinski definition) is 2. The summed E-state index contributed by atoms with van der Waals surface area (Å²) in [5, 5.41) is 17.1. The van der Waals surface area contributed by atoms with Gasteiger partial charge in [-0.3, -0.25) is 19.7 Å². The molecule has 0 spiro atoms. The van der Waals surface area contributed by atoms with E-state index in [2.05, 4.69) is 15.8 Å². The molecule has 2 aromatic rings. The Labute approximate surface area is 166 Å². The summed E-state index contributed by atoms with van der Waals surface area (Å²) < 4.78 is 10.3. The first-order chi connectivity index (χ1) is 13.9. The normalized spacial score (nSPS) is 10.8. The van der Waals surface area contributed by atoms with Crippen LogP contribution in [0.25, 0.3) is 0 Å². The Morgan fingerprint density at radius 3 is 2.45 bits per heavy atom. The van der Waals surface area contributed by atoms with Crippen molar-refractivity contribution in [3.8, 4) is 11.5 Å². The number of carbonyl (C=O) groups is 2. The van der Waals surface area contributed by atoms with Gasteiger partial charge < -0.3 is 14.8 Å². The number of nitro groups is 1. The largest absolute Gasteiger partial charge is 0.497 e. The van der Waals surface area contributed by atoms with E-state index in [0.717, 1.165) is 0 Å². The van der Waals surface area contributed by atoms with Crippen molar-refractivity contribution in [2.45, 2.75) is 13.3 Å². The fourth-order valence-corrected chi connectivity index (χ4v) is 2.19. The second-order valence-corrected chi connectivity index (χ2v) is 5.88. The second-order valence-electron chi connectivity index (χ2n) is 5.88. The van der Waals surface area contributed by atoms with E-state index in [1.165, 1.54) is 24.3 Å². The molecule has 0 aliphatic heterocycles. The number of rotatable bonds is 9. The van der Waals surface area contributed by atoms with E-state index in [-0.39, 0.29) is 18.7 Å². The van der Waals surface area contributed by atoms with Gasteiger partial charge in [0.1, 0.15) is 11.5 Å². The van der Waals surface area contributed by atoms with Gasteiger partial charge in [0.15, 0.2) is 6.61 Å². The summed E-state index contributed by atoms with van der Waals surface area (Å²) >= 11 is 0. The van der Waals surface area contributed by atoms with Crippen LogP contribution in [0.3, 0.4) is 0 Å². The third kappa shape index (κ3) is 7.29. The lowest BCUT2D eigenvalue weighted by atomic mass is 10.2. The average molecular weight is 400 g/mol. The highest BCUT2D eigenvalue weighted by Crippen LogP contribution is 2.17. The van der Waals surface area contributed by atoms with Gasteiger partial charge in [-0.2, -0.15) is 5.10 Å². The number of nitro benzene ring substituents is 1. The molecular weight excluding hydrogens is 380 g/mol. The second kappa shape index (κ2) is 10.4. The molecular formula is C19H20N4O6. The Morgan fingerprint density at radius 2 is 1.79 bits per heavy atom. The van der Waals surface area contributed by atoms with Crippen LogP contribution in [0.2, 0.25) is 0 Å². The zero-order valence-electron chi connectivity index (χ0n) is 15.9. The molecule has 0 aliphatic rings. The first kappa shape index (κ1) is 21.4. The first-order valence-electron chi connectivity index (χ1n) is 8.50. The molecule has 2 N–H and O–H groups in total.